The lowest BCUT2D eigenvalue weighted by Crippen LogP contribution is -2.13. The Morgan fingerprint density at radius 2 is 1.71 bits per heavy atom. The highest BCUT2D eigenvalue weighted by Crippen LogP contribution is 2.28. The number of rotatable bonds is 2. The fourth-order valence-electron chi connectivity index (χ4n) is 2.07. The van der Waals surface area contributed by atoms with Crippen LogP contribution >= 0.6 is 15.9 Å². The van der Waals surface area contributed by atoms with Crippen molar-refractivity contribution in [2.45, 2.75) is 19.9 Å². The van der Waals surface area contributed by atoms with Crippen LogP contribution in [0, 0.1) is 13.8 Å². The summed E-state index contributed by atoms with van der Waals surface area (Å²) in [5, 5.41) is 0. The smallest absolute Gasteiger partial charge is 0.0565 e. The SMILES string of the molecule is Cc1ccc(C(N)c2ccccc2Br)c(C)c1. The van der Waals surface area contributed by atoms with Gasteiger partial charge in [0.05, 0.1) is 6.04 Å². The number of aryl methyl sites for hydroxylation is 2. The second kappa shape index (κ2) is 5.03. The van der Waals surface area contributed by atoms with Crippen LogP contribution in [0.2, 0.25) is 0 Å². The van der Waals surface area contributed by atoms with Gasteiger partial charge in [0, 0.05) is 4.47 Å². The molecular formula is C15H16BrN. The first-order valence-corrected chi connectivity index (χ1v) is 6.46. The van der Waals surface area contributed by atoms with Crippen molar-refractivity contribution in [3.63, 3.8) is 0 Å². The van der Waals surface area contributed by atoms with Crippen LogP contribution in [0.3, 0.4) is 0 Å². The molecule has 2 heteroatoms. The number of hydrogen-bond acceptors (Lipinski definition) is 1. The minimum absolute atomic E-state index is 0.0776. The van der Waals surface area contributed by atoms with Crippen LogP contribution < -0.4 is 5.73 Å². The van der Waals surface area contributed by atoms with Gasteiger partial charge in [0.15, 0.2) is 0 Å². The summed E-state index contributed by atoms with van der Waals surface area (Å²) < 4.78 is 1.06. The highest BCUT2D eigenvalue weighted by molar-refractivity contribution is 9.10. The molecule has 0 bridgehead atoms. The van der Waals surface area contributed by atoms with Crippen LogP contribution in [-0.2, 0) is 0 Å². The normalized spacial score (nSPS) is 12.5. The van der Waals surface area contributed by atoms with E-state index in [4.69, 9.17) is 5.73 Å². The standard InChI is InChI=1S/C15H16BrN/c1-10-7-8-12(11(2)9-10)15(17)13-5-3-4-6-14(13)16/h3-9,15H,17H2,1-2H3. The van der Waals surface area contributed by atoms with Gasteiger partial charge < -0.3 is 5.73 Å². The monoisotopic (exact) mass is 289 g/mol. The van der Waals surface area contributed by atoms with Gasteiger partial charge in [0.25, 0.3) is 0 Å². The summed E-state index contributed by atoms with van der Waals surface area (Å²) in [5.74, 6) is 0. The summed E-state index contributed by atoms with van der Waals surface area (Å²) in [7, 11) is 0. The largest absolute Gasteiger partial charge is 0.320 e. The van der Waals surface area contributed by atoms with Gasteiger partial charge in [0.1, 0.15) is 0 Å². The van der Waals surface area contributed by atoms with E-state index in [1.165, 1.54) is 16.7 Å². The maximum Gasteiger partial charge on any atom is 0.0565 e. The molecule has 0 aliphatic heterocycles. The Morgan fingerprint density at radius 1 is 1.00 bits per heavy atom. The molecule has 0 heterocycles. The van der Waals surface area contributed by atoms with E-state index in [2.05, 4.69) is 54.0 Å². The van der Waals surface area contributed by atoms with Crippen LogP contribution in [0.25, 0.3) is 0 Å². The number of halogens is 1. The quantitative estimate of drug-likeness (QED) is 0.884. The van der Waals surface area contributed by atoms with E-state index in [-0.39, 0.29) is 6.04 Å². The molecule has 17 heavy (non-hydrogen) atoms. The molecular weight excluding hydrogens is 274 g/mol. The van der Waals surface area contributed by atoms with Crippen LogP contribution in [-0.4, -0.2) is 0 Å². The molecule has 0 aliphatic rings. The molecule has 1 unspecified atom stereocenters. The van der Waals surface area contributed by atoms with E-state index >= 15 is 0 Å². The first-order valence-electron chi connectivity index (χ1n) is 5.67. The molecule has 0 aliphatic carbocycles. The van der Waals surface area contributed by atoms with Crippen molar-refractivity contribution in [2.75, 3.05) is 0 Å². The predicted molar refractivity (Wildman–Crippen MR) is 76.1 cm³/mol. The van der Waals surface area contributed by atoms with Gasteiger partial charge in [-0.25, -0.2) is 0 Å². The Kier molecular flexibility index (Phi) is 3.65. The molecule has 2 rings (SSSR count). The average Bonchev–Trinajstić information content (AvgIpc) is 2.29. The zero-order valence-electron chi connectivity index (χ0n) is 10.1. The van der Waals surface area contributed by atoms with Gasteiger partial charge >= 0.3 is 0 Å². The minimum atomic E-state index is -0.0776. The zero-order valence-corrected chi connectivity index (χ0v) is 11.7. The fourth-order valence-corrected chi connectivity index (χ4v) is 2.60. The lowest BCUT2D eigenvalue weighted by Gasteiger charge is -2.17. The van der Waals surface area contributed by atoms with Gasteiger partial charge in [0.2, 0.25) is 0 Å². The molecule has 1 nitrogen and oxygen atoms in total. The minimum Gasteiger partial charge on any atom is -0.320 e. The summed E-state index contributed by atoms with van der Waals surface area (Å²) in [6.07, 6.45) is 0. The van der Waals surface area contributed by atoms with Gasteiger partial charge in [-0.3, -0.25) is 0 Å². The van der Waals surface area contributed by atoms with Gasteiger partial charge in [-0.05, 0) is 36.6 Å². The van der Waals surface area contributed by atoms with Crippen LogP contribution in [0.5, 0.6) is 0 Å². The molecule has 0 aromatic heterocycles. The molecule has 0 radical (unpaired) electrons. The highest BCUT2D eigenvalue weighted by Gasteiger charge is 2.13. The van der Waals surface area contributed by atoms with Gasteiger partial charge in [-0.15, -0.1) is 0 Å². The number of nitrogens with two attached hydrogens (primary N) is 1. The van der Waals surface area contributed by atoms with E-state index in [1.807, 2.05) is 18.2 Å². The maximum absolute atomic E-state index is 6.34. The first-order chi connectivity index (χ1) is 8.09. The topological polar surface area (TPSA) is 26.0 Å². The van der Waals surface area contributed by atoms with Crippen molar-refractivity contribution in [2.24, 2.45) is 5.73 Å². The van der Waals surface area contributed by atoms with E-state index in [9.17, 15) is 0 Å². The van der Waals surface area contributed by atoms with Crippen molar-refractivity contribution >= 4 is 15.9 Å². The first kappa shape index (κ1) is 12.3. The van der Waals surface area contributed by atoms with Gasteiger partial charge in [-0.1, -0.05) is 57.9 Å². The third kappa shape index (κ3) is 2.59. The van der Waals surface area contributed by atoms with E-state index < -0.39 is 0 Å². The third-order valence-corrected chi connectivity index (χ3v) is 3.72. The summed E-state index contributed by atoms with van der Waals surface area (Å²) in [6, 6.07) is 14.4. The maximum atomic E-state index is 6.34. The van der Waals surface area contributed by atoms with Crippen molar-refractivity contribution < 1.29 is 0 Å². The van der Waals surface area contributed by atoms with Crippen LogP contribution in [0.1, 0.15) is 28.3 Å². The van der Waals surface area contributed by atoms with Crippen LogP contribution in [0.4, 0.5) is 0 Å². The van der Waals surface area contributed by atoms with E-state index in [0.29, 0.717) is 0 Å². The molecule has 0 spiro atoms. The highest BCUT2D eigenvalue weighted by atomic mass is 79.9. The van der Waals surface area contributed by atoms with Crippen LogP contribution in [0.15, 0.2) is 46.9 Å². The molecule has 0 saturated carbocycles. The third-order valence-electron chi connectivity index (χ3n) is 3.00. The molecule has 2 aromatic rings. The zero-order chi connectivity index (χ0) is 12.4. The number of benzene rings is 2. The Labute approximate surface area is 111 Å². The van der Waals surface area contributed by atoms with Crippen molar-refractivity contribution in [3.8, 4) is 0 Å². The second-order valence-electron chi connectivity index (χ2n) is 4.36. The Balaban J connectivity index is 2.44. The molecule has 0 amide bonds. The summed E-state index contributed by atoms with van der Waals surface area (Å²) in [4.78, 5) is 0. The van der Waals surface area contributed by atoms with E-state index in [1.54, 1.807) is 0 Å². The van der Waals surface area contributed by atoms with Gasteiger partial charge in [-0.2, -0.15) is 0 Å². The van der Waals surface area contributed by atoms with Crippen molar-refractivity contribution in [1.82, 2.24) is 0 Å². The molecule has 1 atom stereocenters. The lowest BCUT2D eigenvalue weighted by atomic mass is 9.95. The summed E-state index contributed by atoms with van der Waals surface area (Å²) in [6.45, 7) is 4.21. The average molecular weight is 290 g/mol. The Morgan fingerprint density at radius 3 is 2.35 bits per heavy atom. The molecule has 2 aromatic carbocycles. The molecule has 88 valence electrons. The van der Waals surface area contributed by atoms with Crippen molar-refractivity contribution in [3.05, 3.63) is 69.2 Å². The summed E-state index contributed by atoms with van der Waals surface area (Å²) >= 11 is 3.55. The molecule has 2 N–H and O–H groups in total. The van der Waals surface area contributed by atoms with E-state index in [0.717, 1.165) is 10.0 Å². The second-order valence-corrected chi connectivity index (χ2v) is 5.21. The molecule has 0 saturated heterocycles. The number of hydrogen-bond donors (Lipinski definition) is 1. The lowest BCUT2D eigenvalue weighted by molar-refractivity contribution is 0.855. The fraction of sp³-hybridized carbons (Fsp3) is 0.200. The Bertz CT molecular complexity index is 534. The predicted octanol–water partition coefficient (Wildman–Crippen LogP) is 4.11. The van der Waals surface area contributed by atoms with Crippen molar-refractivity contribution in [1.29, 1.82) is 0 Å². The molecule has 0 fully saturated rings. The Hall–Kier alpha value is -1.12. The summed E-state index contributed by atoms with van der Waals surface area (Å²) in [5.41, 5.74) is 11.2.